The summed E-state index contributed by atoms with van der Waals surface area (Å²) in [6.07, 6.45) is 0. The maximum absolute atomic E-state index is 5.86. The zero-order chi connectivity index (χ0) is 12.2. The van der Waals surface area contributed by atoms with Gasteiger partial charge in [-0.15, -0.1) is 11.6 Å². The number of rotatable bonds is 5. The van der Waals surface area contributed by atoms with Crippen molar-refractivity contribution in [1.29, 1.82) is 0 Å². The summed E-state index contributed by atoms with van der Waals surface area (Å²) in [5, 5.41) is 3.44. The molecule has 1 N–H and O–H groups in total. The van der Waals surface area contributed by atoms with Crippen LogP contribution in [-0.2, 0) is 6.54 Å². The van der Waals surface area contributed by atoms with Crippen molar-refractivity contribution in [3.8, 4) is 0 Å². The maximum atomic E-state index is 5.86. The zero-order valence-corrected chi connectivity index (χ0v) is 11.4. The maximum Gasteiger partial charge on any atom is 0.0400 e. The van der Waals surface area contributed by atoms with Crippen LogP contribution in [-0.4, -0.2) is 11.4 Å². The lowest BCUT2D eigenvalue weighted by Gasteiger charge is -2.23. The van der Waals surface area contributed by atoms with Gasteiger partial charge in [0.15, 0.2) is 0 Å². The molecule has 1 rings (SSSR count). The highest BCUT2D eigenvalue weighted by atomic mass is 35.5. The summed E-state index contributed by atoms with van der Waals surface area (Å²) >= 11 is 5.86. The van der Waals surface area contributed by atoms with E-state index in [0.29, 0.717) is 11.8 Å². The molecule has 0 heterocycles. The van der Waals surface area contributed by atoms with Crippen molar-refractivity contribution >= 4 is 11.6 Å². The van der Waals surface area contributed by atoms with Gasteiger partial charge in [-0.3, -0.25) is 0 Å². The number of benzene rings is 1. The van der Waals surface area contributed by atoms with Crippen LogP contribution >= 0.6 is 11.6 Å². The van der Waals surface area contributed by atoms with Gasteiger partial charge in [0, 0.05) is 18.0 Å². The average molecular weight is 240 g/mol. The average Bonchev–Trinajstić information content (AvgIpc) is 2.27. The fourth-order valence-electron chi connectivity index (χ4n) is 1.41. The molecule has 0 aromatic heterocycles. The van der Waals surface area contributed by atoms with Crippen molar-refractivity contribution in [3.63, 3.8) is 0 Å². The number of hydrogen-bond donors (Lipinski definition) is 1. The monoisotopic (exact) mass is 239 g/mol. The Morgan fingerprint density at radius 2 is 1.75 bits per heavy atom. The van der Waals surface area contributed by atoms with Gasteiger partial charge in [-0.25, -0.2) is 0 Å². The lowest BCUT2D eigenvalue weighted by molar-refractivity contribution is 0.429. The molecule has 0 unspecified atom stereocenters. The molecule has 0 aliphatic rings. The molecule has 90 valence electrons. The van der Waals surface area contributed by atoms with Crippen LogP contribution in [0, 0.1) is 0 Å². The van der Waals surface area contributed by atoms with Crippen molar-refractivity contribution in [2.75, 3.05) is 5.88 Å². The Morgan fingerprint density at radius 1 is 1.19 bits per heavy atom. The van der Waals surface area contributed by atoms with Gasteiger partial charge in [-0.1, -0.05) is 38.1 Å². The predicted molar refractivity (Wildman–Crippen MR) is 72.2 cm³/mol. The molecule has 0 aliphatic carbocycles. The normalized spacial score (nSPS) is 12.1. The highest BCUT2D eigenvalue weighted by Gasteiger charge is 2.14. The number of halogens is 1. The topological polar surface area (TPSA) is 12.0 Å². The van der Waals surface area contributed by atoms with E-state index in [4.69, 9.17) is 11.6 Å². The Kier molecular flexibility index (Phi) is 4.82. The van der Waals surface area contributed by atoms with Crippen molar-refractivity contribution in [2.24, 2.45) is 0 Å². The Morgan fingerprint density at radius 3 is 2.19 bits per heavy atom. The number of alkyl halides is 1. The third-order valence-electron chi connectivity index (χ3n) is 2.75. The molecule has 1 aromatic rings. The van der Waals surface area contributed by atoms with E-state index in [2.05, 4.69) is 57.3 Å². The van der Waals surface area contributed by atoms with Crippen LogP contribution in [0.15, 0.2) is 24.3 Å². The van der Waals surface area contributed by atoms with Gasteiger partial charge in [0.25, 0.3) is 0 Å². The van der Waals surface area contributed by atoms with E-state index in [-0.39, 0.29) is 5.54 Å². The molecule has 0 saturated carbocycles. The first-order chi connectivity index (χ1) is 7.44. The van der Waals surface area contributed by atoms with E-state index < -0.39 is 0 Å². The van der Waals surface area contributed by atoms with Gasteiger partial charge in [0.05, 0.1) is 0 Å². The summed E-state index contributed by atoms with van der Waals surface area (Å²) in [6.45, 7) is 9.52. The Hall–Kier alpha value is -0.530. The molecule has 0 amide bonds. The Balaban J connectivity index is 2.56. The molecule has 0 aliphatic heterocycles. The minimum Gasteiger partial charge on any atom is -0.307 e. The second-order valence-corrected chi connectivity index (χ2v) is 5.53. The van der Waals surface area contributed by atoms with Gasteiger partial charge in [-0.05, 0) is 30.9 Å². The zero-order valence-electron chi connectivity index (χ0n) is 10.7. The largest absolute Gasteiger partial charge is 0.307 e. The molecular formula is C14H22ClN. The van der Waals surface area contributed by atoms with E-state index in [1.165, 1.54) is 11.1 Å². The molecule has 1 nitrogen and oxygen atoms in total. The second-order valence-electron chi connectivity index (χ2n) is 5.27. The van der Waals surface area contributed by atoms with E-state index in [1.807, 2.05) is 0 Å². The van der Waals surface area contributed by atoms with Crippen molar-refractivity contribution in [2.45, 2.75) is 45.7 Å². The van der Waals surface area contributed by atoms with Gasteiger partial charge in [0.2, 0.25) is 0 Å². The number of nitrogens with one attached hydrogen (secondary N) is 1. The molecule has 2 heteroatoms. The predicted octanol–water partition coefficient (Wildman–Crippen LogP) is 3.92. The lowest BCUT2D eigenvalue weighted by atomic mass is 10.0. The second kappa shape index (κ2) is 5.70. The van der Waals surface area contributed by atoms with Crippen LogP contribution in [0.2, 0.25) is 0 Å². The SMILES string of the molecule is CC(C)c1ccc(CNC(C)(C)CCl)cc1. The minimum atomic E-state index is -0.00171. The van der Waals surface area contributed by atoms with Crippen LogP contribution in [0.1, 0.15) is 44.7 Å². The first-order valence-corrected chi connectivity index (χ1v) is 6.38. The Labute approximate surface area is 104 Å². The van der Waals surface area contributed by atoms with E-state index in [1.54, 1.807) is 0 Å². The first-order valence-electron chi connectivity index (χ1n) is 5.84. The van der Waals surface area contributed by atoms with Crippen LogP contribution in [0.3, 0.4) is 0 Å². The lowest BCUT2D eigenvalue weighted by Crippen LogP contribution is -2.40. The summed E-state index contributed by atoms with van der Waals surface area (Å²) in [4.78, 5) is 0. The molecule has 0 saturated heterocycles. The number of hydrogen-bond acceptors (Lipinski definition) is 1. The molecule has 0 radical (unpaired) electrons. The fourth-order valence-corrected chi connectivity index (χ4v) is 1.50. The molecule has 0 spiro atoms. The van der Waals surface area contributed by atoms with Crippen molar-refractivity contribution in [1.82, 2.24) is 5.32 Å². The third kappa shape index (κ3) is 4.15. The quantitative estimate of drug-likeness (QED) is 0.769. The molecule has 0 atom stereocenters. The molecule has 1 aromatic carbocycles. The summed E-state index contributed by atoms with van der Waals surface area (Å²) in [5.41, 5.74) is 2.70. The summed E-state index contributed by atoms with van der Waals surface area (Å²) in [7, 11) is 0. The molecule has 0 bridgehead atoms. The molecule has 16 heavy (non-hydrogen) atoms. The minimum absolute atomic E-state index is 0.00171. The van der Waals surface area contributed by atoms with Crippen molar-refractivity contribution < 1.29 is 0 Å². The smallest absolute Gasteiger partial charge is 0.0400 e. The van der Waals surface area contributed by atoms with Crippen molar-refractivity contribution in [3.05, 3.63) is 35.4 Å². The van der Waals surface area contributed by atoms with Gasteiger partial charge in [0.1, 0.15) is 0 Å². The van der Waals surface area contributed by atoms with Crippen LogP contribution in [0.5, 0.6) is 0 Å². The highest BCUT2D eigenvalue weighted by Crippen LogP contribution is 2.15. The summed E-state index contributed by atoms with van der Waals surface area (Å²) < 4.78 is 0. The standard InChI is InChI=1S/C14H22ClN/c1-11(2)13-7-5-12(6-8-13)9-16-14(3,4)10-15/h5-8,11,16H,9-10H2,1-4H3. The van der Waals surface area contributed by atoms with Crippen LogP contribution in [0.4, 0.5) is 0 Å². The molecule has 0 fully saturated rings. The van der Waals surface area contributed by atoms with E-state index in [9.17, 15) is 0 Å². The third-order valence-corrected chi connectivity index (χ3v) is 3.42. The van der Waals surface area contributed by atoms with E-state index in [0.717, 1.165) is 6.54 Å². The molecular weight excluding hydrogens is 218 g/mol. The van der Waals surface area contributed by atoms with Gasteiger partial charge < -0.3 is 5.32 Å². The van der Waals surface area contributed by atoms with Crippen LogP contribution < -0.4 is 5.32 Å². The Bertz CT molecular complexity index is 314. The summed E-state index contributed by atoms with van der Waals surface area (Å²) in [5.74, 6) is 1.22. The first kappa shape index (κ1) is 13.5. The van der Waals surface area contributed by atoms with E-state index >= 15 is 0 Å². The summed E-state index contributed by atoms with van der Waals surface area (Å²) in [6, 6.07) is 8.78. The van der Waals surface area contributed by atoms with Gasteiger partial charge in [-0.2, -0.15) is 0 Å². The highest BCUT2D eigenvalue weighted by molar-refractivity contribution is 6.18. The fraction of sp³-hybridized carbons (Fsp3) is 0.571. The van der Waals surface area contributed by atoms with Gasteiger partial charge >= 0.3 is 0 Å². The van der Waals surface area contributed by atoms with Crippen LogP contribution in [0.25, 0.3) is 0 Å².